The third-order valence-electron chi connectivity index (χ3n) is 3.59. The molecule has 0 fully saturated rings. The molecule has 0 aliphatic heterocycles. The van der Waals surface area contributed by atoms with Crippen LogP contribution in [0.3, 0.4) is 0 Å². The van der Waals surface area contributed by atoms with E-state index in [0.717, 1.165) is 10.9 Å². The van der Waals surface area contributed by atoms with E-state index < -0.39 is 0 Å². The second-order valence-corrected chi connectivity index (χ2v) is 5.20. The maximum Gasteiger partial charge on any atom is 0.0687 e. The summed E-state index contributed by atoms with van der Waals surface area (Å²) in [5.41, 5.74) is 3.70. The summed E-state index contributed by atoms with van der Waals surface area (Å²) in [5, 5.41) is 11.4. The van der Waals surface area contributed by atoms with Gasteiger partial charge in [-0.25, -0.2) is 11.1 Å². The van der Waals surface area contributed by atoms with E-state index in [9.17, 15) is 0 Å². The molecule has 0 aromatic heterocycles. The molecule has 1 atom stereocenters. The smallest absolute Gasteiger partial charge is 0.0687 e. The van der Waals surface area contributed by atoms with Crippen LogP contribution in [0, 0.1) is 12.0 Å². The van der Waals surface area contributed by atoms with E-state index in [-0.39, 0.29) is 28.3 Å². The van der Waals surface area contributed by atoms with Gasteiger partial charge in [0.25, 0.3) is 0 Å². The summed E-state index contributed by atoms with van der Waals surface area (Å²) in [4.78, 5) is 0. The first-order valence-electron chi connectivity index (χ1n) is 6.98. The molecule has 1 nitrogen and oxygen atoms in total. The van der Waals surface area contributed by atoms with Gasteiger partial charge in [-0.2, -0.15) is 6.08 Å². The number of allylic oxidation sites excluding steroid dienone is 4. The zero-order chi connectivity index (χ0) is 14.5. The number of hydrogen-bond donors (Lipinski definition) is 1. The van der Waals surface area contributed by atoms with Crippen molar-refractivity contribution in [2.75, 3.05) is 0 Å². The first-order valence-corrected chi connectivity index (χ1v) is 6.98. The van der Waals surface area contributed by atoms with Gasteiger partial charge in [-0.15, -0.1) is 6.92 Å². The summed E-state index contributed by atoms with van der Waals surface area (Å²) >= 11 is 0. The zero-order valence-electron chi connectivity index (χ0n) is 12.9. The normalized spacial score (nSPS) is 16.5. The van der Waals surface area contributed by atoms with Crippen molar-refractivity contribution >= 4 is 10.8 Å². The van der Waals surface area contributed by atoms with Gasteiger partial charge in [0.05, 0.1) is 6.61 Å². The van der Waals surface area contributed by atoms with E-state index in [1.807, 2.05) is 30.3 Å². The van der Waals surface area contributed by atoms with E-state index in [1.165, 1.54) is 16.5 Å². The van der Waals surface area contributed by atoms with Crippen molar-refractivity contribution in [3.05, 3.63) is 71.3 Å². The van der Waals surface area contributed by atoms with Crippen molar-refractivity contribution in [2.24, 2.45) is 5.92 Å². The molecule has 1 N–H and O–H groups in total. The van der Waals surface area contributed by atoms with Crippen molar-refractivity contribution in [3.8, 4) is 0 Å². The van der Waals surface area contributed by atoms with Crippen LogP contribution < -0.4 is 0 Å². The topological polar surface area (TPSA) is 20.2 Å². The molecule has 0 heterocycles. The van der Waals surface area contributed by atoms with Crippen LogP contribution in [0.4, 0.5) is 0 Å². The minimum atomic E-state index is 0. The van der Waals surface area contributed by atoms with E-state index in [4.69, 9.17) is 5.11 Å². The Morgan fingerprint density at radius 1 is 1.05 bits per heavy atom. The Kier molecular flexibility index (Phi) is 7.11. The molecule has 1 aliphatic rings. The number of fused-ring (bicyclic) bond motifs is 1. The van der Waals surface area contributed by atoms with E-state index in [1.54, 1.807) is 0 Å². The fourth-order valence-corrected chi connectivity index (χ4v) is 2.43. The quantitative estimate of drug-likeness (QED) is 0.599. The van der Waals surface area contributed by atoms with Crippen molar-refractivity contribution in [2.45, 2.75) is 27.4 Å². The number of hydrogen-bond acceptors (Lipinski definition) is 1. The Hall–Kier alpha value is -1.15. The molecule has 1 aliphatic carbocycles. The molecule has 0 bridgehead atoms. The van der Waals surface area contributed by atoms with Crippen LogP contribution in [0.15, 0.2) is 59.7 Å². The molecule has 2 heteroatoms. The van der Waals surface area contributed by atoms with Crippen molar-refractivity contribution in [1.29, 1.82) is 0 Å². The first kappa shape index (κ1) is 17.9. The summed E-state index contributed by atoms with van der Waals surface area (Å²) in [7, 11) is 0. The average molecular weight is 313 g/mol. The summed E-state index contributed by atoms with van der Waals surface area (Å²) in [6, 6.07) is 14.0. The van der Waals surface area contributed by atoms with Crippen LogP contribution >= 0.6 is 0 Å². The molecule has 21 heavy (non-hydrogen) atoms. The van der Waals surface area contributed by atoms with E-state index in [0.29, 0.717) is 5.92 Å². The van der Waals surface area contributed by atoms with Crippen molar-refractivity contribution in [3.63, 3.8) is 0 Å². The van der Waals surface area contributed by atoms with Gasteiger partial charge >= 0.3 is 0 Å². The Bertz CT molecular complexity index is 632. The first-order chi connectivity index (χ1) is 9.61. The average Bonchev–Trinajstić information content (AvgIpc) is 2.75. The fraction of sp³-hybridized carbons (Fsp3) is 0.263. The van der Waals surface area contributed by atoms with Crippen LogP contribution in [0.25, 0.3) is 10.8 Å². The maximum atomic E-state index is 9.04. The molecule has 0 amide bonds. The predicted octanol–water partition coefficient (Wildman–Crippen LogP) is 4.66. The van der Waals surface area contributed by atoms with Gasteiger partial charge in [0.1, 0.15) is 0 Å². The molecule has 0 saturated heterocycles. The van der Waals surface area contributed by atoms with Gasteiger partial charge < -0.3 is 5.11 Å². The summed E-state index contributed by atoms with van der Waals surface area (Å²) in [6.45, 7) is 6.50. The molecule has 3 rings (SSSR count). The third-order valence-corrected chi connectivity index (χ3v) is 3.59. The molecule has 108 valence electrons. The summed E-state index contributed by atoms with van der Waals surface area (Å²) < 4.78 is 0. The molecular weight excluding hydrogens is 292 g/mol. The molecule has 0 radical (unpaired) electrons. The second kappa shape index (κ2) is 8.33. The molecular formula is C19H21OTi-. The molecule has 1 unspecified atom stereocenters. The monoisotopic (exact) mass is 313 g/mol. The van der Waals surface area contributed by atoms with Crippen molar-refractivity contribution < 1.29 is 26.8 Å². The Labute approximate surface area is 142 Å². The standard InChI is InChI=1S/C11H10O.C8H11.Ti/c12-8-10-6-3-5-9-4-1-2-7-11(9)10;1-6-4-7(2)8(3)5-6;/h1-7,12H,8H2;4,6H,1-3H3;/q;-1;. The fourth-order valence-electron chi connectivity index (χ4n) is 2.43. The summed E-state index contributed by atoms with van der Waals surface area (Å²) in [6.07, 6.45) is 5.52. The Morgan fingerprint density at radius 3 is 2.24 bits per heavy atom. The van der Waals surface area contributed by atoms with Crippen LogP contribution in [-0.4, -0.2) is 5.11 Å². The molecule has 2 aromatic carbocycles. The second-order valence-electron chi connectivity index (χ2n) is 5.20. The third kappa shape index (κ3) is 4.67. The van der Waals surface area contributed by atoms with Gasteiger partial charge in [-0.1, -0.05) is 62.2 Å². The van der Waals surface area contributed by atoms with Gasteiger partial charge in [-0.05, 0) is 16.3 Å². The van der Waals surface area contributed by atoms with Gasteiger partial charge in [0.2, 0.25) is 0 Å². The van der Waals surface area contributed by atoms with Crippen LogP contribution in [0.2, 0.25) is 0 Å². The Balaban J connectivity index is 0.000000216. The number of rotatable bonds is 1. The number of aliphatic hydroxyl groups excluding tert-OH is 1. The van der Waals surface area contributed by atoms with Gasteiger partial charge in [0.15, 0.2) is 0 Å². The molecule has 2 aromatic rings. The molecule has 0 saturated carbocycles. The van der Waals surface area contributed by atoms with Gasteiger partial charge in [0, 0.05) is 21.7 Å². The zero-order valence-corrected chi connectivity index (χ0v) is 14.4. The molecule has 0 spiro atoms. The minimum absolute atomic E-state index is 0. The van der Waals surface area contributed by atoms with E-state index in [2.05, 4.69) is 45.1 Å². The largest absolute Gasteiger partial charge is 0.392 e. The SMILES string of the molecule is CC1=[C-]C(C)C=C1C.OCc1cccc2ccccc12.[Ti]. The van der Waals surface area contributed by atoms with E-state index >= 15 is 0 Å². The minimum Gasteiger partial charge on any atom is -0.392 e. The number of benzene rings is 2. The maximum absolute atomic E-state index is 9.04. The Morgan fingerprint density at radius 2 is 1.71 bits per heavy atom. The van der Waals surface area contributed by atoms with Crippen LogP contribution in [0.5, 0.6) is 0 Å². The van der Waals surface area contributed by atoms with Crippen LogP contribution in [0.1, 0.15) is 26.3 Å². The number of aliphatic hydroxyl groups is 1. The van der Waals surface area contributed by atoms with Crippen LogP contribution in [-0.2, 0) is 28.3 Å². The van der Waals surface area contributed by atoms with Gasteiger partial charge in [-0.3, -0.25) is 6.08 Å². The summed E-state index contributed by atoms with van der Waals surface area (Å²) in [5.74, 6) is 0.551. The predicted molar refractivity (Wildman–Crippen MR) is 85.2 cm³/mol. The van der Waals surface area contributed by atoms with Crippen molar-refractivity contribution in [1.82, 2.24) is 0 Å².